The van der Waals surface area contributed by atoms with Crippen molar-refractivity contribution in [1.82, 2.24) is 25.1 Å². The molecule has 1 aromatic carbocycles. The van der Waals surface area contributed by atoms with Gasteiger partial charge in [-0.3, -0.25) is 5.10 Å². The highest BCUT2D eigenvalue weighted by Crippen LogP contribution is 2.29. The predicted octanol–water partition coefficient (Wildman–Crippen LogP) is 3.69. The minimum absolute atomic E-state index is 0.135. The van der Waals surface area contributed by atoms with Crippen LogP contribution in [0.4, 0.5) is 23.4 Å². The minimum Gasteiger partial charge on any atom is -0.369 e. The number of anilines is 1. The second-order valence-corrected chi connectivity index (χ2v) is 7.55. The molecule has 160 valence electrons. The van der Waals surface area contributed by atoms with E-state index < -0.39 is 17.9 Å². The Morgan fingerprint density at radius 2 is 1.97 bits per heavy atom. The van der Waals surface area contributed by atoms with E-state index in [0.717, 1.165) is 29.6 Å². The third-order valence-corrected chi connectivity index (χ3v) is 5.54. The van der Waals surface area contributed by atoms with Gasteiger partial charge in [-0.1, -0.05) is 12.1 Å². The van der Waals surface area contributed by atoms with Crippen LogP contribution in [0.3, 0.4) is 0 Å². The zero-order valence-electron chi connectivity index (χ0n) is 16.2. The number of benzene rings is 1. The number of aromatic nitrogens is 4. The number of hydrogen-bond donors (Lipinski definition) is 2. The number of rotatable bonds is 6. The number of nitrogens with zero attached hydrogens (tertiary/aromatic N) is 4. The SMILES string of the molecule is F[C@H]1CN(CCc2ccc(C(F)(F)F)cc2)CC[C@@H]1CNc1ncnc2[nH]ncc12. The van der Waals surface area contributed by atoms with Crippen LogP contribution >= 0.6 is 0 Å². The van der Waals surface area contributed by atoms with E-state index in [1.54, 1.807) is 6.20 Å². The van der Waals surface area contributed by atoms with Gasteiger partial charge in [0.05, 0.1) is 17.1 Å². The molecule has 1 fully saturated rings. The highest BCUT2D eigenvalue weighted by atomic mass is 19.4. The van der Waals surface area contributed by atoms with Crippen molar-refractivity contribution in [2.45, 2.75) is 25.2 Å². The lowest BCUT2D eigenvalue weighted by molar-refractivity contribution is -0.137. The average Bonchev–Trinajstić information content (AvgIpc) is 3.21. The van der Waals surface area contributed by atoms with Crippen LogP contribution in [0.25, 0.3) is 11.0 Å². The molecule has 6 nitrogen and oxygen atoms in total. The number of aromatic amines is 1. The standard InChI is InChI=1S/C20H22F4N6/c21-17-11-30(7-5-13-1-3-15(4-2-13)20(22,23)24)8-6-14(17)9-25-18-16-10-28-29-19(16)27-12-26-18/h1-4,10,12,14,17H,5-9,11H2,(H2,25,26,27,28,29)/t14-,17+/m1/s1. The monoisotopic (exact) mass is 422 g/mol. The maximum absolute atomic E-state index is 14.7. The number of likely N-dealkylation sites (tertiary alicyclic amines) is 1. The molecule has 0 aliphatic carbocycles. The summed E-state index contributed by atoms with van der Waals surface area (Å²) in [5.41, 5.74) is 0.789. The van der Waals surface area contributed by atoms with E-state index in [2.05, 4.69) is 25.5 Å². The predicted molar refractivity (Wildman–Crippen MR) is 105 cm³/mol. The molecule has 4 rings (SSSR count). The van der Waals surface area contributed by atoms with E-state index in [1.165, 1.54) is 18.5 Å². The molecule has 0 bridgehead atoms. The summed E-state index contributed by atoms with van der Waals surface area (Å²) in [4.78, 5) is 10.3. The van der Waals surface area contributed by atoms with E-state index in [9.17, 15) is 17.6 Å². The van der Waals surface area contributed by atoms with Crippen LogP contribution < -0.4 is 5.32 Å². The molecule has 2 aromatic heterocycles. The van der Waals surface area contributed by atoms with Gasteiger partial charge in [0, 0.05) is 25.6 Å². The van der Waals surface area contributed by atoms with Crippen molar-refractivity contribution < 1.29 is 17.6 Å². The first kappa shape index (κ1) is 20.5. The normalized spacial score (nSPS) is 20.5. The summed E-state index contributed by atoms with van der Waals surface area (Å²) >= 11 is 0. The summed E-state index contributed by atoms with van der Waals surface area (Å²) in [6.07, 6.45) is -0.965. The molecule has 1 aliphatic rings. The summed E-state index contributed by atoms with van der Waals surface area (Å²) in [6, 6.07) is 5.17. The van der Waals surface area contributed by atoms with Gasteiger partial charge in [-0.2, -0.15) is 18.3 Å². The van der Waals surface area contributed by atoms with Crippen molar-refractivity contribution in [1.29, 1.82) is 0 Å². The van der Waals surface area contributed by atoms with Crippen LogP contribution in [0.5, 0.6) is 0 Å². The minimum atomic E-state index is -4.33. The van der Waals surface area contributed by atoms with E-state index in [-0.39, 0.29) is 5.92 Å². The number of piperidine rings is 1. The number of halogens is 4. The Bertz CT molecular complexity index is 971. The Labute approximate surface area is 170 Å². The second kappa shape index (κ2) is 8.55. The summed E-state index contributed by atoms with van der Waals surface area (Å²) in [5.74, 6) is 0.495. The fourth-order valence-corrected chi connectivity index (χ4v) is 3.73. The third kappa shape index (κ3) is 4.69. The van der Waals surface area contributed by atoms with Gasteiger partial charge in [0.15, 0.2) is 5.65 Å². The summed E-state index contributed by atoms with van der Waals surface area (Å²) in [5, 5.41) is 10.7. The quantitative estimate of drug-likeness (QED) is 0.593. The number of alkyl halides is 4. The lowest BCUT2D eigenvalue weighted by Gasteiger charge is -2.34. The molecule has 2 atom stereocenters. The largest absolute Gasteiger partial charge is 0.416 e. The van der Waals surface area contributed by atoms with E-state index in [0.29, 0.717) is 43.9 Å². The lowest BCUT2D eigenvalue weighted by atomic mass is 9.94. The zero-order chi connectivity index (χ0) is 21.1. The molecule has 3 aromatic rings. The first-order chi connectivity index (χ1) is 14.4. The fraction of sp³-hybridized carbons (Fsp3) is 0.450. The van der Waals surface area contributed by atoms with Crippen molar-refractivity contribution in [3.05, 3.63) is 47.9 Å². The topological polar surface area (TPSA) is 69.7 Å². The maximum Gasteiger partial charge on any atom is 0.416 e. The van der Waals surface area contributed by atoms with Crippen LogP contribution in [-0.2, 0) is 12.6 Å². The van der Waals surface area contributed by atoms with Crippen molar-refractivity contribution in [3.8, 4) is 0 Å². The highest BCUT2D eigenvalue weighted by molar-refractivity contribution is 5.85. The Morgan fingerprint density at radius 1 is 1.17 bits per heavy atom. The van der Waals surface area contributed by atoms with Crippen LogP contribution in [-0.4, -0.2) is 57.4 Å². The van der Waals surface area contributed by atoms with Crippen molar-refractivity contribution in [3.63, 3.8) is 0 Å². The molecule has 1 saturated heterocycles. The van der Waals surface area contributed by atoms with Crippen molar-refractivity contribution in [2.24, 2.45) is 5.92 Å². The smallest absolute Gasteiger partial charge is 0.369 e. The van der Waals surface area contributed by atoms with Crippen LogP contribution in [0, 0.1) is 5.92 Å². The summed E-state index contributed by atoms with van der Waals surface area (Å²) < 4.78 is 52.6. The van der Waals surface area contributed by atoms with E-state index >= 15 is 0 Å². The first-order valence-electron chi connectivity index (χ1n) is 9.80. The molecular formula is C20H22F4N6. The number of H-pyrrole nitrogens is 1. The molecule has 0 spiro atoms. The maximum atomic E-state index is 14.7. The second-order valence-electron chi connectivity index (χ2n) is 7.55. The van der Waals surface area contributed by atoms with Gasteiger partial charge >= 0.3 is 6.18 Å². The van der Waals surface area contributed by atoms with Crippen molar-refractivity contribution >= 4 is 16.9 Å². The molecule has 30 heavy (non-hydrogen) atoms. The van der Waals surface area contributed by atoms with Gasteiger partial charge in [0.1, 0.15) is 18.3 Å². The van der Waals surface area contributed by atoms with Gasteiger partial charge < -0.3 is 10.2 Å². The molecule has 3 heterocycles. The Balaban J connectivity index is 1.25. The van der Waals surface area contributed by atoms with Gasteiger partial charge in [-0.05, 0) is 37.1 Å². The summed E-state index contributed by atoms with van der Waals surface area (Å²) in [7, 11) is 0. The molecule has 2 N–H and O–H groups in total. The van der Waals surface area contributed by atoms with E-state index in [4.69, 9.17) is 0 Å². The van der Waals surface area contributed by atoms with Crippen LogP contribution in [0.2, 0.25) is 0 Å². The molecule has 0 unspecified atom stereocenters. The van der Waals surface area contributed by atoms with Crippen LogP contribution in [0.1, 0.15) is 17.5 Å². The van der Waals surface area contributed by atoms with Gasteiger partial charge in [0.2, 0.25) is 0 Å². The molecule has 0 radical (unpaired) electrons. The first-order valence-corrected chi connectivity index (χ1v) is 9.80. The molecule has 0 amide bonds. The molecule has 10 heteroatoms. The average molecular weight is 422 g/mol. The van der Waals surface area contributed by atoms with Crippen LogP contribution in [0.15, 0.2) is 36.8 Å². The Kier molecular flexibility index (Phi) is 5.85. The molecule has 1 aliphatic heterocycles. The van der Waals surface area contributed by atoms with E-state index in [1.807, 2.05) is 4.90 Å². The Morgan fingerprint density at radius 3 is 2.70 bits per heavy atom. The lowest BCUT2D eigenvalue weighted by Crippen LogP contribution is -2.44. The van der Waals surface area contributed by atoms with Gasteiger partial charge in [-0.15, -0.1) is 0 Å². The fourth-order valence-electron chi connectivity index (χ4n) is 3.73. The number of fused-ring (bicyclic) bond motifs is 1. The van der Waals surface area contributed by atoms with Gasteiger partial charge in [-0.25, -0.2) is 14.4 Å². The zero-order valence-corrected chi connectivity index (χ0v) is 16.2. The van der Waals surface area contributed by atoms with Gasteiger partial charge in [0.25, 0.3) is 0 Å². The summed E-state index contributed by atoms with van der Waals surface area (Å²) in [6.45, 7) is 2.15. The molecular weight excluding hydrogens is 400 g/mol. The number of hydrogen-bond acceptors (Lipinski definition) is 5. The highest BCUT2D eigenvalue weighted by Gasteiger charge is 2.30. The molecule has 0 saturated carbocycles. The third-order valence-electron chi connectivity index (χ3n) is 5.54. The van der Waals surface area contributed by atoms with Crippen molar-refractivity contribution in [2.75, 3.05) is 31.5 Å². The Hall–Kier alpha value is -2.75. The number of nitrogens with one attached hydrogen (secondary N) is 2.